The monoisotopic (exact) mass is 277 g/mol. The van der Waals surface area contributed by atoms with Crippen LogP contribution in [0.1, 0.15) is 38.7 Å². The first-order chi connectivity index (χ1) is 9.70. The van der Waals surface area contributed by atoms with Gasteiger partial charge in [-0.2, -0.15) is 0 Å². The van der Waals surface area contributed by atoms with Gasteiger partial charge in [-0.3, -0.25) is 4.90 Å². The van der Waals surface area contributed by atoms with E-state index in [9.17, 15) is 0 Å². The Bertz CT molecular complexity index is 402. The molecule has 0 spiro atoms. The van der Waals surface area contributed by atoms with Crippen LogP contribution in [-0.2, 0) is 6.54 Å². The lowest BCUT2D eigenvalue weighted by Crippen LogP contribution is -2.45. The van der Waals surface area contributed by atoms with Gasteiger partial charge in [-0.05, 0) is 39.3 Å². The Balaban J connectivity index is 2.01. The number of hydrogen-bond donors (Lipinski definition) is 1. The first-order valence-electron chi connectivity index (χ1n) is 7.66. The summed E-state index contributed by atoms with van der Waals surface area (Å²) in [5.74, 6) is 0.745. The molecule has 0 radical (unpaired) electrons. The van der Waals surface area contributed by atoms with Crippen LogP contribution in [0.25, 0.3) is 0 Å². The fourth-order valence-electron chi connectivity index (χ4n) is 2.77. The van der Waals surface area contributed by atoms with E-state index in [0.29, 0.717) is 12.1 Å². The summed E-state index contributed by atoms with van der Waals surface area (Å²) >= 11 is 0. The van der Waals surface area contributed by atoms with Crippen LogP contribution in [0.5, 0.6) is 5.88 Å². The fraction of sp³-hybridized carbons (Fsp3) is 0.688. The molecule has 0 amide bonds. The number of rotatable bonds is 6. The molecule has 4 heteroatoms. The molecule has 1 fully saturated rings. The first kappa shape index (κ1) is 15.3. The molecule has 0 aliphatic carbocycles. The van der Waals surface area contributed by atoms with Gasteiger partial charge in [0.2, 0.25) is 5.88 Å². The van der Waals surface area contributed by atoms with Crippen LogP contribution in [0, 0.1) is 0 Å². The van der Waals surface area contributed by atoms with E-state index < -0.39 is 0 Å². The summed E-state index contributed by atoms with van der Waals surface area (Å²) in [4.78, 5) is 6.79. The van der Waals surface area contributed by atoms with Gasteiger partial charge >= 0.3 is 0 Å². The van der Waals surface area contributed by atoms with E-state index in [-0.39, 0.29) is 0 Å². The van der Waals surface area contributed by atoms with Crippen molar-refractivity contribution in [2.45, 2.75) is 51.7 Å². The number of piperidine rings is 1. The topological polar surface area (TPSA) is 37.4 Å². The van der Waals surface area contributed by atoms with Gasteiger partial charge in [-0.15, -0.1) is 0 Å². The zero-order valence-electron chi connectivity index (χ0n) is 12.9. The van der Waals surface area contributed by atoms with E-state index in [1.165, 1.54) is 24.8 Å². The summed E-state index contributed by atoms with van der Waals surface area (Å²) in [6.45, 7) is 7.66. The van der Waals surface area contributed by atoms with Gasteiger partial charge in [0.05, 0.1) is 7.11 Å². The minimum atomic E-state index is 0.517. The van der Waals surface area contributed by atoms with Gasteiger partial charge in [0.15, 0.2) is 0 Å². The average Bonchev–Trinajstić information content (AvgIpc) is 2.48. The van der Waals surface area contributed by atoms with Crippen LogP contribution < -0.4 is 10.1 Å². The maximum absolute atomic E-state index is 5.36. The van der Waals surface area contributed by atoms with Gasteiger partial charge in [0.1, 0.15) is 0 Å². The van der Waals surface area contributed by atoms with Crippen molar-refractivity contribution in [2.75, 3.05) is 20.2 Å². The molecule has 1 aliphatic heterocycles. The molecule has 1 saturated heterocycles. The molecule has 0 bridgehead atoms. The lowest BCUT2D eigenvalue weighted by atomic mass is 10.0. The minimum Gasteiger partial charge on any atom is -0.481 e. The van der Waals surface area contributed by atoms with Gasteiger partial charge in [-0.1, -0.05) is 12.5 Å². The highest BCUT2D eigenvalue weighted by Gasteiger charge is 2.20. The molecule has 1 aromatic heterocycles. The lowest BCUT2D eigenvalue weighted by Gasteiger charge is -2.33. The van der Waals surface area contributed by atoms with Crippen molar-refractivity contribution in [3.63, 3.8) is 0 Å². The smallest absolute Gasteiger partial charge is 0.217 e. The van der Waals surface area contributed by atoms with Crippen molar-refractivity contribution in [1.82, 2.24) is 15.2 Å². The minimum absolute atomic E-state index is 0.517. The number of methoxy groups -OCH3 is 1. The predicted octanol–water partition coefficient (Wildman–Crippen LogP) is 2.44. The Labute approximate surface area is 122 Å². The molecule has 4 nitrogen and oxygen atoms in total. The molecule has 0 aromatic carbocycles. The molecule has 1 aliphatic rings. The van der Waals surface area contributed by atoms with Crippen molar-refractivity contribution >= 4 is 0 Å². The van der Waals surface area contributed by atoms with Crippen molar-refractivity contribution in [1.29, 1.82) is 0 Å². The maximum Gasteiger partial charge on any atom is 0.217 e. The van der Waals surface area contributed by atoms with E-state index in [2.05, 4.69) is 35.1 Å². The zero-order chi connectivity index (χ0) is 14.4. The number of hydrogen-bond acceptors (Lipinski definition) is 4. The summed E-state index contributed by atoms with van der Waals surface area (Å²) in [5.41, 5.74) is 1.17. The summed E-state index contributed by atoms with van der Waals surface area (Å²) in [5, 5.41) is 3.63. The second kappa shape index (κ2) is 7.60. The van der Waals surface area contributed by atoms with Crippen LogP contribution in [0.2, 0.25) is 0 Å². The molecule has 1 aromatic rings. The molecular weight excluding hydrogens is 250 g/mol. The number of ether oxygens (including phenoxy) is 1. The van der Waals surface area contributed by atoms with E-state index in [1.54, 1.807) is 13.3 Å². The maximum atomic E-state index is 5.36. The van der Waals surface area contributed by atoms with E-state index in [4.69, 9.17) is 4.74 Å². The molecule has 112 valence electrons. The Morgan fingerprint density at radius 3 is 2.95 bits per heavy atom. The summed E-state index contributed by atoms with van der Waals surface area (Å²) in [6, 6.07) is 5.22. The Morgan fingerprint density at radius 1 is 1.45 bits per heavy atom. The number of nitrogens with one attached hydrogen (secondary N) is 1. The van der Waals surface area contributed by atoms with E-state index >= 15 is 0 Å². The third-order valence-corrected chi connectivity index (χ3v) is 4.01. The van der Waals surface area contributed by atoms with E-state index in [0.717, 1.165) is 25.5 Å². The largest absolute Gasteiger partial charge is 0.481 e. The summed E-state index contributed by atoms with van der Waals surface area (Å²) in [7, 11) is 1.69. The molecule has 1 atom stereocenters. The molecule has 1 unspecified atom stereocenters. The fourth-order valence-corrected chi connectivity index (χ4v) is 2.77. The first-order valence-corrected chi connectivity index (χ1v) is 7.66. The number of aromatic nitrogens is 1. The average molecular weight is 277 g/mol. The number of nitrogens with zero attached hydrogens (tertiary/aromatic N) is 2. The van der Waals surface area contributed by atoms with Crippen molar-refractivity contribution < 1.29 is 4.74 Å². The highest BCUT2D eigenvalue weighted by Crippen LogP contribution is 2.19. The predicted molar refractivity (Wildman–Crippen MR) is 82.0 cm³/mol. The van der Waals surface area contributed by atoms with E-state index in [1.807, 2.05) is 6.07 Å². The van der Waals surface area contributed by atoms with Gasteiger partial charge in [-0.25, -0.2) is 4.98 Å². The second-order valence-electron chi connectivity index (χ2n) is 5.84. The summed E-state index contributed by atoms with van der Waals surface area (Å²) in [6.07, 6.45) is 5.73. The normalized spacial score (nSPS) is 19.6. The van der Waals surface area contributed by atoms with Crippen LogP contribution in [0.3, 0.4) is 0 Å². The number of pyridine rings is 1. The molecule has 2 rings (SSSR count). The van der Waals surface area contributed by atoms with Gasteiger partial charge in [0, 0.05) is 36.9 Å². The third kappa shape index (κ3) is 4.18. The highest BCUT2D eigenvalue weighted by molar-refractivity contribution is 5.25. The van der Waals surface area contributed by atoms with Gasteiger partial charge in [0.25, 0.3) is 0 Å². The van der Waals surface area contributed by atoms with Crippen LogP contribution in [-0.4, -0.2) is 42.2 Å². The van der Waals surface area contributed by atoms with Crippen molar-refractivity contribution in [3.8, 4) is 5.88 Å². The van der Waals surface area contributed by atoms with Crippen LogP contribution in [0.15, 0.2) is 18.3 Å². The van der Waals surface area contributed by atoms with Crippen LogP contribution in [0.4, 0.5) is 0 Å². The third-order valence-electron chi connectivity index (χ3n) is 4.01. The van der Waals surface area contributed by atoms with Crippen molar-refractivity contribution in [3.05, 3.63) is 23.9 Å². The second-order valence-corrected chi connectivity index (χ2v) is 5.84. The van der Waals surface area contributed by atoms with Crippen molar-refractivity contribution in [2.24, 2.45) is 0 Å². The SMILES string of the molecule is COc1ncccc1CN(CC1CCCCN1)C(C)C. The Hall–Kier alpha value is -1.13. The molecule has 1 N–H and O–H groups in total. The zero-order valence-corrected chi connectivity index (χ0v) is 12.9. The molecule has 2 heterocycles. The molecule has 0 saturated carbocycles. The van der Waals surface area contributed by atoms with Gasteiger partial charge < -0.3 is 10.1 Å². The standard InChI is InChI=1S/C16H27N3O/c1-13(2)19(12-15-8-4-5-9-17-15)11-14-7-6-10-18-16(14)20-3/h6-7,10,13,15,17H,4-5,8-9,11-12H2,1-3H3. The quantitative estimate of drug-likeness (QED) is 0.866. The van der Waals surface area contributed by atoms with Crippen LogP contribution >= 0.6 is 0 Å². The Morgan fingerprint density at radius 2 is 2.30 bits per heavy atom. The summed E-state index contributed by atoms with van der Waals surface area (Å²) < 4.78 is 5.36. The highest BCUT2D eigenvalue weighted by atomic mass is 16.5. The molecule has 20 heavy (non-hydrogen) atoms. The molecular formula is C16H27N3O. The Kier molecular flexibility index (Phi) is 5.80. The lowest BCUT2D eigenvalue weighted by molar-refractivity contribution is 0.175.